The van der Waals surface area contributed by atoms with Gasteiger partial charge in [-0.2, -0.15) is 10.1 Å². The zero-order valence-corrected chi connectivity index (χ0v) is 24.2. The average Bonchev–Trinajstić information content (AvgIpc) is 3.68. The van der Waals surface area contributed by atoms with E-state index in [2.05, 4.69) is 20.4 Å². The third kappa shape index (κ3) is 4.87. The molecule has 8 rings (SSSR count). The van der Waals surface area contributed by atoms with Gasteiger partial charge >= 0.3 is 0 Å². The Morgan fingerprint density at radius 3 is 2.66 bits per heavy atom. The van der Waals surface area contributed by atoms with Gasteiger partial charge < -0.3 is 35.3 Å². The summed E-state index contributed by atoms with van der Waals surface area (Å²) in [6.45, 7) is 1.50. The first-order valence-electron chi connectivity index (χ1n) is 15.2. The van der Waals surface area contributed by atoms with E-state index in [1.54, 1.807) is 6.26 Å². The van der Waals surface area contributed by atoms with Crippen molar-refractivity contribution in [3.8, 4) is 11.5 Å². The van der Waals surface area contributed by atoms with Crippen molar-refractivity contribution >= 4 is 34.1 Å². The van der Waals surface area contributed by atoms with E-state index < -0.39 is 5.54 Å². The highest BCUT2D eigenvalue weighted by Gasteiger charge is 2.35. The van der Waals surface area contributed by atoms with E-state index in [0.717, 1.165) is 64.8 Å². The zero-order valence-electron chi connectivity index (χ0n) is 24.2. The minimum atomic E-state index is -0.521. The smallest absolute Gasteiger partial charge is 0.231 e. The molecule has 2 fully saturated rings. The summed E-state index contributed by atoms with van der Waals surface area (Å²) in [5.74, 6) is 2.43. The number of H-pyrrole nitrogens is 1. The molecule has 0 spiro atoms. The highest BCUT2D eigenvalue weighted by atomic mass is 19.1. The third-order valence-electron chi connectivity index (χ3n) is 9.24. The number of halogens is 1. The van der Waals surface area contributed by atoms with Crippen LogP contribution in [0.2, 0.25) is 0 Å². The van der Waals surface area contributed by atoms with Crippen molar-refractivity contribution in [3.05, 3.63) is 65.3 Å². The van der Waals surface area contributed by atoms with Gasteiger partial charge in [-0.05, 0) is 79.5 Å². The number of aromatic amines is 1. The van der Waals surface area contributed by atoms with E-state index in [9.17, 15) is 5.11 Å². The molecule has 4 aliphatic rings. The molecule has 3 aliphatic heterocycles. The van der Waals surface area contributed by atoms with E-state index in [4.69, 9.17) is 29.9 Å². The lowest BCUT2D eigenvalue weighted by atomic mass is 9.82. The number of aliphatic hydroxyl groups is 1. The molecular formula is C32H34FN7O4. The van der Waals surface area contributed by atoms with Crippen LogP contribution in [0.5, 0.6) is 11.5 Å². The Kier molecular flexibility index (Phi) is 6.56. The molecule has 5 heterocycles. The number of rotatable bonds is 7. The first-order valence-corrected chi connectivity index (χ1v) is 15.2. The van der Waals surface area contributed by atoms with E-state index in [1.807, 2.05) is 36.4 Å². The van der Waals surface area contributed by atoms with Crippen LogP contribution in [-0.4, -0.2) is 57.9 Å². The van der Waals surface area contributed by atoms with Crippen LogP contribution < -0.4 is 25.4 Å². The Morgan fingerprint density at radius 1 is 1.05 bits per heavy atom. The molecule has 4 aromatic rings. The molecule has 0 bridgehead atoms. The predicted octanol–water partition coefficient (Wildman–Crippen LogP) is 4.81. The fourth-order valence-corrected chi connectivity index (χ4v) is 6.30. The van der Waals surface area contributed by atoms with Crippen LogP contribution >= 0.6 is 0 Å². The second-order valence-electron chi connectivity index (χ2n) is 12.1. The van der Waals surface area contributed by atoms with E-state index in [1.165, 1.54) is 0 Å². The Bertz CT molecular complexity index is 1760. The van der Waals surface area contributed by atoms with Crippen molar-refractivity contribution in [1.29, 1.82) is 0 Å². The molecule has 1 saturated carbocycles. The molecule has 2 aromatic heterocycles. The summed E-state index contributed by atoms with van der Waals surface area (Å²) in [7, 11) is 0. The van der Waals surface area contributed by atoms with Gasteiger partial charge in [0, 0.05) is 29.9 Å². The van der Waals surface area contributed by atoms with E-state index in [0.29, 0.717) is 43.4 Å². The summed E-state index contributed by atoms with van der Waals surface area (Å²) in [5, 5.41) is 20.5. The minimum Gasteiger partial charge on any atom is -0.495 e. The van der Waals surface area contributed by atoms with Crippen LogP contribution in [-0.2, 0) is 10.3 Å². The fraction of sp³-hybridized carbons (Fsp3) is 0.406. The molecule has 1 unspecified atom stereocenters. The summed E-state index contributed by atoms with van der Waals surface area (Å²) < 4.78 is 32.1. The van der Waals surface area contributed by atoms with Crippen molar-refractivity contribution < 1.29 is 23.7 Å². The molecule has 2 aromatic carbocycles. The maximum absolute atomic E-state index is 15.3. The maximum atomic E-state index is 15.3. The van der Waals surface area contributed by atoms with Crippen molar-refractivity contribution in [2.75, 3.05) is 36.7 Å². The monoisotopic (exact) mass is 599 g/mol. The van der Waals surface area contributed by atoms with Gasteiger partial charge in [0.2, 0.25) is 12.7 Å². The largest absolute Gasteiger partial charge is 0.495 e. The molecular weight excluding hydrogens is 565 g/mol. The van der Waals surface area contributed by atoms with Crippen LogP contribution in [0.4, 0.5) is 22.0 Å². The van der Waals surface area contributed by atoms with Crippen molar-refractivity contribution in [2.24, 2.45) is 5.73 Å². The molecule has 0 amide bonds. The quantitative estimate of drug-likeness (QED) is 0.234. The second kappa shape index (κ2) is 10.6. The number of nitrogens with one attached hydrogen (secondary N) is 2. The standard InChI is InChI=1S/C32H34FN7O4/c33-27-28(18-1-2-18)38-39-30(27)36-29-23-13-19(20-3-6-22(15-41)42-16-20)4-7-24(23)35-31(37-29)40-11-9-32(34,10-12-40)21-5-8-25-26(14-21)44-17-43-25/h4-5,7-8,13-14,16,18,22,41H,1-3,6,9-12,15,17,34H2,(H2,35,36,37,38,39). The average molecular weight is 600 g/mol. The van der Waals surface area contributed by atoms with Crippen LogP contribution in [0.1, 0.15) is 61.3 Å². The zero-order chi connectivity index (χ0) is 29.8. The van der Waals surface area contributed by atoms with Crippen LogP contribution in [0.3, 0.4) is 0 Å². The van der Waals surface area contributed by atoms with E-state index in [-0.39, 0.29) is 37.1 Å². The lowest BCUT2D eigenvalue weighted by molar-refractivity contribution is 0.0658. The molecule has 228 valence electrons. The highest BCUT2D eigenvalue weighted by molar-refractivity contribution is 5.94. The summed E-state index contributed by atoms with van der Waals surface area (Å²) >= 11 is 0. The Balaban J connectivity index is 1.11. The van der Waals surface area contributed by atoms with Crippen molar-refractivity contribution in [2.45, 2.75) is 56.1 Å². The predicted molar refractivity (Wildman–Crippen MR) is 162 cm³/mol. The van der Waals surface area contributed by atoms with Gasteiger partial charge in [0.1, 0.15) is 11.9 Å². The summed E-state index contributed by atoms with van der Waals surface area (Å²) in [6, 6.07) is 11.9. The van der Waals surface area contributed by atoms with Crippen molar-refractivity contribution in [1.82, 2.24) is 20.2 Å². The van der Waals surface area contributed by atoms with Gasteiger partial charge in [0.15, 0.2) is 23.1 Å². The van der Waals surface area contributed by atoms with Gasteiger partial charge in [0.05, 0.1) is 24.1 Å². The minimum absolute atomic E-state index is 0.0112. The lowest BCUT2D eigenvalue weighted by Gasteiger charge is -2.39. The second-order valence-corrected chi connectivity index (χ2v) is 12.1. The first-order chi connectivity index (χ1) is 21.5. The Labute approximate surface area is 253 Å². The molecule has 44 heavy (non-hydrogen) atoms. The third-order valence-corrected chi connectivity index (χ3v) is 9.24. The number of anilines is 3. The molecule has 5 N–H and O–H groups in total. The van der Waals surface area contributed by atoms with Gasteiger partial charge in [-0.15, -0.1) is 0 Å². The number of allylic oxidation sites excluding steroid dienone is 1. The number of piperidine rings is 1. The summed E-state index contributed by atoms with van der Waals surface area (Å²) in [5.41, 5.74) is 10.7. The van der Waals surface area contributed by atoms with Gasteiger partial charge in [-0.3, -0.25) is 5.10 Å². The maximum Gasteiger partial charge on any atom is 0.231 e. The molecule has 1 atom stereocenters. The fourth-order valence-electron chi connectivity index (χ4n) is 6.30. The molecule has 11 nitrogen and oxygen atoms in total. The molecule has 1 saturated heterocycles. The topological polar surface area (TPSA) is 144 Å². The number of benzene rings is 2. The lowest BCUT2D eigenvalue weighted by Crippen LogP contribution is -2.48. The van der Waals surface area contributed by atoms with Gasteiger partial charge in [0.25, 0.3) is 0 Å². The van der Waals surface area contributed by atoms with Crippen LogP contribution in [0.25, 0.3) is 16.5 Å². The number of aliphatic hydroxyl groups excluding tert-OH is 1. The number of hydrogen-bond acceptors (Lipinski definition) is 10. The van der Waals surface area contributed by atoms with Crippen LogP contribution in [0.15, 0.2) is 42.7 Å². The molecule has 12 heteroatoms. The highest BCUT2D eigenvalue weighted by Crippen LogP contribution is 2.42. The number of ether oxygens (including phenoxy) is 3. The first kappa shape index (κ1) is 27.2. The summed E-state index contributed by atoms with van der Waals surface area (Å²) in [6.07, 6.45) is 6.34. The number of aromatic nitrogens is 4. The van der Waals surface area contributed by atoms with Crippen molar-refractivity contribution in [3.63, 3.8) is 0 Å². The summed E-state index contributed by atoms with van der Waals surface area (Å²) in [4.78, 5) is 12.0. The Hall–Kier alpha value is -4.42. The SMILES string of the molecule is NC1(c2ccc3c(c2)OCO3)CCN(c2nc(Nc3n[nH]c(C4CC4)c3F)c3cc(C4=COC(CO)CC4)ccc3n2)CC1. The number of nitrogens with two attached hydrogens (primary N) is 1. The molecule has 1 aliphatic carbocycles. The van der Waals surface area contributed by atoms with Crippen LogP contribution in [0, 0.1) is 5.82 Å². The number of nitrogens with zero attached hydrogens (tertiary/aromatic N) is 4. The van der Waals surface area contributed by atoms with Gasteiger partial charge in [-0.1, -0.05) is 12.1 Å². The van der Waals surface area contributed by atoms with E-state index >= 15 is 4.39 Å². The normalized spacial score (nSPS) is 20.8. The number of fused-ring (bicyclic) bond motifs is 2. The van der Waals surface area contributed by atoms with Gasteiger partial charge in [-0.25, -0.2) is 9.37 Å². The molecule has 0 radical (unpaired) electrons. The number of hydrogen-bond donors (Lipinski definition) is 4. The Morgan fingerprint density at radius 2 is 1.89 bits per heavy atom.